The molecule has 0 unspecified atom stereocenters. The van der Waals surface area contributed by atoms with Crippen LogP contribution in [-0.2, 0) is 0 Å². The lowest BCUT2D eigenvalue weighted by molar-refractivity contribution is 0.402. The van der Waals surface area contributed by atoms with E-state index >= 15 is 0 Å². The van der Waals surface area contributed by atoms with Crippen molar-refractivity contribution in [2.45, 2.75) is 53.7 Å². The van der Waals surface area contributed by atoms with Crippen LogP contribution in [0.2, 0.25) is 13.1 Å². The Bertz CT molecular complexity index is 194. The van der Waals surface area contributed by atoms with E-state index in [4.69, 9.17) is 5.73 Å². The van der Waals surface area contributed by atoms with Gasteiger partial charge in [0.2, 0.25) is 0 Å². The van der Waals surface area contributed by atoms with Crippen molar-refractivity contribution in [1.82, 2.24) is 5.32 Å². The molecule has 3 heteroatoms. The summed E-state index contributed by atoms with van der Waals surface area (Å²) in [5, 5.41) is 3.30. The van der Waals surface area contributed by atoms with E-state index in [0.717, 1.165) is 12.1 Å². The Morgan fingerprint density at radius 1 is 1.40 bits per heavy atom. The summed E-state index contributed by atoms with van der Waals surface area (Å²) in [6, 6.07) is 0. The summed E-state index contributed by atoms with van der Waals surface area (Å²) in [4.78, 5) is 0. The lowest BCUT2D eigenvalue weighted by atomic mass is 9.46. The van der Waals surface area contributed by atoms with Crippen LogP contribution in [0.5, 0.6) is 0 Å². The minimum Gasteiger partial charge on any atom is -0.408 e. The zero-order valence-corrected chi connectivity index (χ0v) is 11.1. The average molecular weight is 210 g/mol. The van der Waals surface area contributed by atoms with Crippen LogP contribution in [0.15, 0.2) is 11.8 Å². The Kier molecular flexibility index (Phi) is 6.54. The minimum absolute atomic E-state index is 0.309. The van der Waals surface area contributed by atoms with E-state index in [2.05, 4.69) is 39.8 Å². The van der Waals surface area contributed by atoms with Gasteiger partial charge in [0.15, 0.2) is 6.71 Å². The van der Waals surface area contributed by atoms with Crippen LogP contribution in [0.25, 0.3) is 0 Å². The van der Waals surface area contributed by atoms with Gasteiger partial charge in [0.25, 0.3) is 0 Å². The number of rotatable bonds is 6. The van der Waals surface area contributed by atoms with Gasteiger partial charge in [0.1, 0.15) is 0 Å². The standard InChI is InChI=1S/C12H27BN2/c1-6-7-8-13(5)11(14)9-15-10-12(2,3)4/h9,15H,6-8,10,14H2,1-5H3/b11-9-. The molecule has 3 N–H and O–H groups in total. The highest BCUT2D eigenvalue weighted by Gasteiger charge is 2.11. The first kappa shape index (κ1) is 14.4. The Morgan fingerprint density at radius 2 is 2.00 bits per heavy atom. The molecule has 0 amide bonds. The molecule has 15 heavy (non-hydrogen) atoms. The molecule has 0 aromatic carbocycles. The van der Waals surface area contributed by atoms with E-state index in [-0.39, 0.29) is 0 Å². The monoisotopic (exact) mass is 210 g/mol. The topological polar surface area (TPSA) is 38.0 Å². The fourth-order valence-corrected chi connectivity index (χ4v) is 1.29. The number of nitrogens with two attached hydrogens (primary N) is 1. The Morgan fingerprint density at radius 3 is 2.47 bits per heavy atom. The predicted octanol–water partition coefficient (Wildman–Crippen LogP) is 2.89. The lowest BCUT2D eigenvalue weighted by Crippen LogP contribution is -2.27. The van der Waals surface area contributed by atoms with Gasteiger partial charge in [-0.05, 0) is 11.0 Å². The molecule has 0 saturated carbocycles. The molecule has 0 fully saturated rings. The fraction of sp³-hybridized carbons (Fsp3) is 0.833. The van der Waals surface area contributed by atoms with E-state index < -0.39 is 0 Å². The van der Waals surface area contributed by atoms with Gasteiger partial charge in [0, 0.05) is 12.7 Å². The SMILES string of the molecule is CCCCB(C)/C(N)=C/NCC(C)(C)C. The second-order valence-electron chi connectivity index (χ2n) is 5.63. The van der Waals surface area contributed by atoms with Crippen LogP contribution in [0.1, 0.15) is 40.5 Å². The highest BCUT2D eigenvalue weighted by molar-refractivity contribution is 6.65. The van der Waals surface area contributed by atoms with Gasteiger partial charge < -0.3 is 11.1 Å². The summed E-state index contributed by atoms with van der Waals surface area (Å²) in [5.41, 5.74) is 7.27. The van der Waals surface area contributed by atoms with Crippen molar-refractivity contribution >= 4 is 6.71 Å². The summed E-state index contributed by atoms with van der Waals surface area (Å²) in [5.74, 6) is 0. The predicted molar refractivity (Wildman–Crippen MR) is 71.1 cm³/mol. The Labute approximate surface area is 95.8 Å². The third-order valence-electron chi connectivity index (χ3n) is 2.46. The molecule has 0 aliphatic carbocycles. The first-order valence-electron chi connectivity index (χ1n) is 6.05. The molecule has 88 valence electrons. The van der Waals surface area contributed by atoms with Crippen molar-refractivity contribution in [3.8, 4) is 0 Å². The summed E-state index contributed by atoms with van der Waals surface area (Å²) in [7, 11) is 0. The molecule has 0 aliphatic heterocycles. The Balaban J connectivity index is 3.86. The van der Waals surface area contributed by atoms with Crippen LogP contribution in [0.3, 0.4) is 0 Å². The van der Waals surface area contributed by atoms with Crippen molar-refractivity contribution in [3.05, 3.63) is 11.8 Å². The highest BCUT2D eigenvalue weighted by Crippen LogP contribution is 2.10. The van der Waals surface area contributed by atoms with Crippen LogP contribution in [-0.4, -0.2) is 13.3 Å². The second kappa shape index (κ2) is 6.81. The third-order valence-corrected chi connectivity index (χ3v) is 2.46. The van der Waals surface area contributed by atoms with Gasteiger partial charge >= 0.3 is 0 Å². The van der Waals surface area contributed by atoms with Crippen molar-refractivity contribution in [2.24, 2.45) is 11.1 Å². The largest absolute Gasteiger partial charge is 0.408 e. The molecular formula is C12H27BN2. The number of unbranched alkanes of at least 4 members (excludes halogenated alkanes) is 1. The highest BCUT2D eigenvalue weighted by atomic mass is 14.9. The van der Waals surface area contributed by atoms with Gasteiger partial charge in [-0.2, -0.15) is 0 Å². The molecule has 0 radical (unpaired) electrons. The summed E-state index contributed by atoms with van der Waals surface area (Å²) in [6.07, 6.45) is 5.67. The van der Waals surface area contributed by atoms with E-state index in [1.165, 1.54) is 19.2 Å². The van der Waals surface area contributed by atoms with Crippen molar-refractivity contribution < 1.29 is 0 Å². The fourth-order valence-electron chi connectivity index (χ4n) is 1.29. The molecule has 0 bridgehead atoms. The normalized spacial score (nSPS) is 12.7. The third kappa shape index (κ3) is 8.40. The maximum absolute atomic E-state index is 5.99. The van der Waals surface area contributed by atoms with E-state index in [0.29, 0.717) is 12.1 Å². The molecule has 0 aromatic heterocycles. The van der Waals surface area contributed by atoms with E-state index in [1.807, 2.05) is 6.20 Å². The number of hydrogen-bond donors (Lipinski definition) is 2. The second-order valence-corrected chi connectivity index (χ2v) is 5.63. The van der Waals surface area contributed by atoms with Crippen LogP contribution in [0.4, 0.5) is 0 Å². The minimum atomic E-state index is 0.309. The molecule has 0 atom stereocenters. The molecule has 0 spiro atoms. The van der Waals surface area contributed by atoms with Gasteiger partial charge in [-0.25, -0.2) is 0 Å². The molecule has 2 nitrogen and oxygen atoms in total. The molecule has 0 heterocycles. The van der Waals surface area contributed by atoms with Crippen LogP contribution >= 0.6 is 0 Å². The quantitative estimate of drug-likeness (QED) is 0.661. The summed E-state index contributed by atoms with van der Waals surface area (Å²) < 4.78 is 0. The van der Waals surface area contributed by atoms with Crippen LogP contribution in [0, 0.1) is 5.41 Å². The van der Waals surface area contributed by atoms with E-state index in [1.54, 1.807) is 0 Å². The Hall–Kier alpha value is -0.595. The molecule has 0 saturated heterocycles. The van der Waals surface area contributed by atoms with Crippen molar-refractivity contribution in [1.29, 1.82) is 0 Å². The van der Waals surface area contributed by atoms with Gasteiger partial charge in [0.05, 0.1) is 0 Å². The summed E-state index contributed by atoms with van der Waals surface area (Å²) >= 11 is 0. The number of hydrogen-bond acceptors (Lipinski definition) is 2. The zero-order chi connectivity index (χ0) is 11.9. The molecular weight excluding hydrogens is 183 g/mol. The number of nitrogens with one attached hydrogen (secondary N) is 1. The van der Waals surface area contributed by atoms with Gasteiger partial charge in [-0.3, -0.25) is 0 Å². The van der Waals surface area contributed by atoms with Crippen molar-refractivity contribution in [3.63, 3.8) is 0 Å². The molecule has 0 aromatic rings. The summed E-state index contributed by atoms with van der Waals surface area (Å²) in [6.45, 7) is 12.5. The molecule has 0 rings (SSSR count). The van der Waals surface area contributed by atoms with Gasteiger partial charge in [-0.15, -0.1) is 0 Å². The van der Waals surface area contributed by atoms with E-state index in [9.17, 15) is 0 Å². The first-order chi connectivity index (χ1) is 6.87. The van der Waals surface area contributed by atoms with Crippen molar-refractivity contribution in [2.75, 3.05) is 6.54 Å². The first-order valence-corrected chi connectivity index (χ1v) is 6.05. The lowest BCUT2D eigenvalue weighted by Gasteiger charge is -2.18. The average Bonchev–Trinajstić information content (AvgIpc) is 2.11. The maximum atomic E-state index is 5.99. The van der Waals surface area contributed by atoms with Gasteiger partial charge in [-0.1, -0.05) is 53.7 Å². The van der Waals surface area contributed by atoms with Crippen LogP contribution < -0.4 is 11.1 Å². The zero-order valence-electron chi connectivity index (χ0n) is 11.1. The molecule has 0 aliphatic rings. The smallest absolute Gasteiger partial charge is 0.195 e. The maximum Gasteiger partial charge on any atom is 0.195 e.